The molecule has 0 saturated carbocycles. The van der Waals surface area contributed by atoms with Crippen molar-refractivity contribution in [1.82, 2.24) is 9.47 Å². The van der Waals surface area contributed by atoms with Gasteiger partial charge >= 0.3 is 0 Å². The first kappa shape index (κ1) is 15.4. The topological polar surface area (TPSA) is 42.1 Å². The number of hydrogen-bond acceptors (Lipinski definition) is 3. The van der Waals surface area contributed by atoms with Crippen molar-refractivity contribution in [2.24, 2.45) is 10.1 Å². The van der Waals surface area contributed by atoms with Gasteiger partial charge in [0.2, 0.25) is 0 Å². The van der Waals surface area contributed by atoms with Gasteiger partial charge in [0.1, 0.15) is 7.11 Å². The summed E-state index contributed by atoms with van der Waals surface area (Å²) in [6.45, 7) is 0.612. The summed E-state index contributed by atoms with van der Waals surface area (Å²) in [4.78, 5) is 11.1. The van der Waals surface area contributed by atoms with E-state index in [0.717, 1.165) is 22.3 Å². The molecule has 0 atom stereocenters. The van der Waals surface area contributed by atoms with E-state index < -0.39 is 0 Å². The van der Waals surface area contributed by atoms with Gasteiger partial charge in [-0.1, -0.05) is 5.16 Å². The fraction of sp³-hybridized carbons (Fsp3) is 0.333. The number of halogens is 1. The van der Waals surface area contributed by atoms with Crippen LogP contribution in [0.15, 0.2) is 40.6 Å². The summed E-state index contributed by atoms with van der Waals surface area (Å²) in [6, 6.07) is 8.16. The zero-order chi connectivity index (χ0) is 15.2. The van der Waals surface area contributed by atoms with E-state index in [9.17, 15) is 0 Å². The SMILES string of the molecule is CO/N=C(\CCl)Cn1ccc2cc(/N=C\N(C)C)ccc21. The quantitative estimate of drug-likeness (QED) is 0.356. The summed E-state index contributed by atoms with van der Waals surface area (Å²) >= 11 is 5.86. The van der Waals surface area contributed by atoms with Crippen LogP contribution in [0.5, 0.6) is 0 Å². The molecule has 1 aromatic heterocycles. The zero-order valence-electron chi connectivity index (χ0n) is 12.5. The molecule has 0 aliphatic heterocycles. The van der Waals surface area contributed by atoms with Gasteiger partial charge in [0.25, 0.3) is 0 Å². The van der Waals surface area contributed by atoms with Crippen LogP contribution in [0.2, 0.25) is 0 Å². The lowest BCUT2D eigenvalue weighted by atomic mass is 10.2. The number of hydrogen-bond donors (Lipinski definition) is 0. The van der Waals surface area contributed by atoms with Crippen LogP contribution in [0.25, 0.3) is 10.9 Å². The molecule has 0 amide bonds. The Morgan fingerprint density at radius 2 is 2.19 bits per heavy atom. The van der Waals surface area contributed by atoms with Crippen LogP contribution < -0.4 is 0 Å². The van der Waals surface area contributed by atoms with Gasteiger partial charge in [-0.15, -0.1) is 11.6 Å². The normalized spacial score (nSPS) is 12.3. The molecule has 0 aliphatic rings. The average molecular weight is 307 g/mol. The van der Waals surface area contributed by atoms with Gasteiger partial charge in [-0.3, -0.25) is 0 Å². The summed E-state index contributed by atoms with van der Waals surface area (Å²) in [7, 11) is 5.41. The first-order valence-corrected chi connectivity index (χ1v) is 7.12. The Morgan fingerprint density at radius 1 is 1.38 bits per heavy atom. The third-order valence-electron chi connectivity index (χ3n) is 2.92. The summed E-state index contributed by atoms with van der Waals surface area (Å²) in [5.74, 6) is 0.346. The maximum atomic E-state index is 5.86. The minimum absolute atomic E-state index is 0.346. The predicted molar refractivity (Wildman–Crippen MR) is 88.9 cm³/mol. The Hall–Kier alpha value is -2.01. The van der Waals surface area contributed by atoms with Gasteiger partial charge in [-0.05, 0) is 24.3 Å². The average Bonchev–Trinajstić information content (AvgIpc) is 2.87. The smallest absolute Gasteiger partial charge is 0.106 e. The highest BCUT2D eigenvalue weighted by Crippen LogP contribution is 2.22. The summed E-state index contributed by atoms with van der Waals surface area (Å²) in [5, 5.41) is 5.06. The summed E-state index contributed by atoms with van der Waals surface area (Å²) in [5.41, 5.74) is 2.83. The molecule has 21 heavy (non-hydrogen) atoms. The van der Waals surface area contributed by atoms with Crippen LogP contribution in [0, 0.1) is 0 Å². The number of oxime groups is 1. The first-order valence-electron chi connectivity index (χ1n) is 6.58. The van der Waals surface area contributed by atoms with E-state index >= 15 is 0 Å². The van der Waals surface area contributed by atoms with Gasteiger partial charge in [-0.25, -0.2) is 4.99 Å². The van der Waals surface area contributed by atoms with Crippen LogP contribution in [0.4, 0.5) is 5.69 Å². The van der Waals surface area contributed by atoms with E-state index in [0.29, 0.717) is 12.4 Å². The van der Waals surface area contributed by atoms with Crippen LogP contribution in [-0.2, 0) is 11.4 Å². The van der Waals surface area contributed by atoms with E-state index in [1.807, 2.05) is 31.3 Å². The van der Waals surface area contributed by atoms with Gasteiger partial charge in [0.15, 0.2) is 0 Å². The van der Waals surface area contributed by atoms with Crippen LogP contribution in [-0.4, -0.2) is 48.6 Å². The second-order valence-corrected chi connectivity index (χ2v) is 5.14. The molecule has 1 heterocycles. The van der Waals surface area contributed by atoms with Crippen LogP contribution in [0.1, 0.15) is 0 Å². The molecule has 2 aromatic rings. The molecular weight excluding hydrogens is 288 g/mol. The Morgan fingerprint density at radius 3 is 2.86 bits per heavy atom. The van der Waals surface area contributed by atoms with Crippen molar-refractivity contribution in [1.29, 1.82) is 0 Å². The van der Waals surface area contributed by atoms with Crippen molar-refractivity contribution in [3.63, 3.8) is 0 Å². The fourth-order valence-electron chi connectivity index (χ4n) is 2.01. The van der Waals surface area contributed by atoms with E-state index in [1.54, 1.807) is 6.34 Å². The van der Waals surface area contributed by atoms with Crippen molar-refractivity contribution in [2.75, 3.05) is 27.1 Å². The molecule has 0 spiro atoms. The maximum Gasteiger partial charge on any atom is 0.106 e. The molecule has 0 bridgehead atoms. The Balaban J connectivity index is 2.27. The second kappa shape index (κ2) is 7.13. The lowest BCUT2D eigenvalue weighted by Gasteiger charge is -2.06. The molecule has 2 rings (SSSR count). The minimum Gasteiger partial charge on any atom is -0.399 e. The van der Waals surface area contributed by atoms with Crippen molar-refractivity contribution in [3.05, 3.63) is 30.5 Å². The molecule has 0 fully saturated rings. The minimum atomic E-state index is 0.346. The van der Waals surface area contributed by atoms with Crippen LogP contribution in [0.3, 0.4) is 0 Å². The number of nitrogens with zero attached hydrogens (tertiary/aromatic N) is 4. The second-order valence-electron chi connectivity index (χ2n) is 4.87. The highest BCUT2D eigenvalue weighted by molar-refractivity contribution is 6.28. The lowest BCUT2D eigenvalue weighted by Crippen LogP contribution is -2.11. The Labute approximate surface area is 129 Å². The van der Waals surface area contributed by atoms with Gasteiger partial charge in [-0.2, -0.15) is 0 Å². The molecule has 1 aromatic carbocycles. The molecular formula is C15H19ClN4O. The van der Waals surface area contributed by atoms with Crippen molar-refractivity contribution in [3.8, 4) is 0 Å². The Bertz CT molecular complexity index is 661. The molecule has 0 saturated heterocycles. The van der Waals surface area contributed by atoms with Crippen LogP contribution >= 0.6 is 11.6 Å². The highest BCUT2D eigenvalue weighted by Gasteiger charge is 2.05. The largest absolute Gasteiger partial charge is 0.399 e. The van der Waals surface area contributed by atoms with E-state index in [4.69, 9.17) is 16.4 Å². The maximum absolute atomic E-state index is 5.86. The lowest BCUT2D eigenvalue weighted by molar-refractivity contribution is 0.212. The number of benzene rings is 1. The Kier molecular flexibility index (Phi) is 5.22. The van der Waals surface area contributed by atoms with E-state index in [2.05, 4.69) is 32.9 Å². The van der Waals surface area contributed by atoms with Crippen molar-refractivity contribution >= 4 is 40.2 Å². The van der Waals surface area contributed by atoms with E-state index in [1.165, 1.54) is 7.11 Å². The van der Waals surface area contributed by atoms with Crippen molar-refractivity contribution < 1.29 is 4.84 Å². The first-order chi connectivity index (χ1) is 10.1. The van der Waals surface area contributed by atoms with E-state index in [-0.39, 0.29) is 0 Å². The number of fused-ring (bicyclic) bond motifs is 1. The molecule has 5 nitrogen and oxygen atoms in total. The summed E-state index contributed by atoms with van der Waals surface area (Å²) < 4.78 is 2.09. The highest BCUT2D eigenvalue weighted by atomic mass is 35.5. The predicted octanol–water partition coefficient (Wildman–Crippen LogP) is 3.10. The standard InChI is InChI=1S/C15H19ClN4O/c1-19(2)11-17-13-4-5-15-12(8-13)6-7-20(15)10-14(9-16)18-21-3/h4-8,11H,9-10H2,1-3H3/b17-11-,18-14+. The molecule has 6 heteroatoms. The number of rotatable bonds is 6. The summed E-state index contributed by atoms with van der Waals surface area (Å²) in [6.07, 6.45) is 3.80. The molecule has 0 radical (unpaired) electrons. The fourth-order valence-corrected chi connectivity index (χ4v) is 2.14. The number of aromatic nitrogens is 1. The third kappa shape index (κ3) is 3.98. The van der Waals surface area contributed by atoms with Gasteiger partial charge in [0, 0.05) is 31.2 Å². The van der Waals surface area contributed by atoms with Gasteiger partial charge in [0.05, 0.1) is 30.2 Å². The molecule has 112 valence electrons. The number of aliphatic imine (C=N–C) groups is 1. The number of alkyl halides is 1. The monoisotopic (exact) mass is 306 g/mol. The van der Waals surface area contributed by atoms with Crippen molar-refractivity contribution in [2.45, 2.75) is 6.54 Å². The zero-order valence-corrected chi connectivity index (χ0v) is 13.2. The molecule has 0 aliphatic carbocycles. The molecule has 0 N–H and O–H groups in total. The van der Waals surface area contributed by atoms with Gasteiger partial charge < -0.3 is 14.3 Å². The molecule has 0 unspecified atom stereocenters. The third-order valence-corrected chi connectivity index (χ3v) is 3.23.